The van der Waals surface area contributed by atoms with E-state index >= 15 is 0 Å². The minimum absolute atomic E-state index is 0.397. The molecular weight excluding hydrogens is 651 g/mol. The Kier molecular flexibility index (Phi) is 6.84. The number of hydrogen-bond donors (Lipinski definition) is 0. The maximum absolute atomic E-state index is 2.45. The van der Waals surface area contributed by atoms with Crippen LogP contribution in [0.4, 0.5) is 17.1 Å². The summed E-state index contributed by atoms with van der Waals surface area (Å²) in [5.74, 6) is 0. The molecule has 1 nitrogen and oxygen atoms in total. The monoisotopic (exact) mass is 685 g/mol. The molecule has 0 bridgehead atoms. The number of para-hydroxylation sites is 1. The summed E-state index contributed by atoms with van der Waals surface area (Å²) in [5.41, 5.74) is 18.5. The highest BCUT2D eigenvalue weighted by molar-refractivity contribution is 6.02. The lowest BCUT2D eigenvalue weighted by Gasteiger charge is -2.31. The number of anilines is 3. The predicted molar refractivity (Wildman–Crippen MR) is 226 cm³/mol. The Balaban J connectivity index is 1.12. The molecule has 0 atom stereocenters. The van der Waals surface area contributed by atoms with Crippen molar-refractivity contribution in [1.82, 2.24) is 0 Å². The summed E-state index contributed by atoms with van der Waals surface area (Å²) >= 11 is 0. The maximum Gasteiger partial charge on any atom is 0.0726 e. The zero-order valence-corrected chi connectivity index (χ0v) is 29.7. The minimum Gasteiger partial charge on any atom is -0.310 e. The van der Waals surface area contributed by atoms with E-state index in [1.54, 1.807) is 0 Å². The summed E-state index contributed by atoms with van der Waals surface area (Å²) in [6.07, 6.45) is 0. The van der Waals surface area contributed by atoms with E-state index in [2.05, 4.69) is 217 Å². The molecule has 9 aromatic carbocycles. The minimum atomic E-state index is -0.397. The van der Waals surface area contributed by atoms with E-state index in [-0.39, 0.29) is 0 Å². The Morgan fingerprint density at radius 3 is 1.56 bits per heavy atom. The third-order valence-corrected chi connectivity index (χ3v) is 11.7. The van der Waals surface area contributed by atoms with Crippen molar-refractivity contribution in [2.75, 3.05) is 4.90 Å². The Bertz CT molecular complexity index is 2820. The van der Waals surface area contributed by atoms with E-state index in [1.165, 1.54) is 83.2 Å². The van der Waals surface area contributed by atoms with Crippen molar-refractivity contribution in [3.05, 3.63) is 235 Å². The summed E-state index contributed by atoms with van der Waals surface area (Å²) in [4.78, 5) is 2.45. The molecule has 54 heavy (non-hydrogen) atoms. The normalized spacial score (nSPS) is 13.0. The van der Waals surface area contributed by atoms with E-state index in [0.717, 1.165) is 11.4 Å². The van der Waals surface area contributed by atoms with Crippen LogP contribution in [0.15, 0.2) is 212 Å². The molecule has 0 amide bonds. The van der Waals surface area contributed by atoms with Crippen LogP contribution in [0, 0.1) is 0 Å². The van der Waals surface area contributed by atoms with Gasteiger partial charge in [-0.25, -0.2) is 0 Å². The Hall–Kier alpha value is -6.96. The molecule has 0 saturated carbocycles. The quantitative estimate of drug-likeness (QED) is 0.174. The van der Waals surface area contributed by atoms with E-state index < -0.39 is 5.41 Å². The fourth-order valence-electron chi connectivity index (χ4n) is 9.45. The second-order valence-corrected chi connectivity index (χ2v) is 14.4. The van der Waals surface area contributed by atoms with Crippen LogP contribution in [-0.2, 0) is 5.41 Å². The molecule has 0 aliphatic heterocycles. The zero-order valence-electron chi connectivity index (χ0n) is 29.7. The number of fused-ring (bicyclic) bond motifs is 11. The van der Waals surface area contributed by atoms with Crippen molar-refractivity contribution in [2.24, 2.45) is 0 Å². The smallest absolute Gasteiger partial charge is 0.0726 e. The molecule has 1 heteroatoms. The molecule has 0 saturated heterocycles. The third-order valence-electron chi connectivity index (χ3n) is 11.7. The summed E-state index contributed by atoms with van der Waals surface area (Å²) in [5, 5.41) is 2.50. The Morgan fingerprint density at radius 1 is 0.315 bits per heavy atom. The molecule has 9 aromatic rings. The molecule has 2 aliphatic rings. The Morgan fingerprint density at radius 2 is 0.852 bits per heavy atom. The highest BCUT2D eigenvalue weighted by atomic mass is 15.1. The summed E-state index contributed by atoms with van der Waals surface area (Å²) in [6, 6.07) is 78.1. The number of nitrogens with zero attached hydrogens (tertiary/aromatic N) is 1. The van der Waals surface area contributed by atoms with Gasteiger partial charge in [0.25, 0.3) is 0 Å². The lowest BCUT2D eigenvalue weighted by molar-refractivity contribution is 0.794. The lowest BCUT2D eigenvalue weighted by atomic mass is 9.70. The molecule has 0 unspecified atom stereocenters. The molecule has 2 aliphatic carbocycles. The summed E-state index contributed by atoms with van der Waals surface area (Å²) in [7, 11) is 0. The molecule has 0 aromatic heterocycles. The van der Waals surface area contributed by atoms with Crippen molar-refractivity contribution < 1.29 is 0 Å². The second kappa shape index (κ2) is 12.0. The maximum atomic E-state index is 2.45. The van der Waals surface area contributed by atoms with Gasteiger partial charge in [0.05, 0.1) is 11.1 Å². The van der Waals surface area contributed by atoms with Crippen LogP contribution >= 0.6 is 0 Å². The van der Waals surface area contributed by atoms with E-state index in [0.29, 0.717) is 0 Å². The first-order valence-electron chi connectivity index (χ1n) is 18.8. The van der Waals surface area contributed by atoms with Crippen molar-refractivity contribution >= 4 is 27.8 Å². The van der Waals surface area contributed by atoms with Crippen molar-refractivity contribution in [3.63, 3.8) is 0 Å². The molecule has 0 radical (unpaired) electrons. The molecule has 0 heterocycles. The first-order valence-corrected chi connectivity index (χ1v) is 18.8. The van der Waals surface area contributed by atoms with Gasteiger partial charge >= 0.3 is 0 Å². The van der Waals surface area contributed by atoms with E-state index in [1.807, 2.05) is 0 Å². The van der Waals surface area contributed by atoms with Crippen LogP contribution in [0.5, 0.6) is 0 Å². The van der Waals surface area contributed by atoms with Gasteiger partial charge in [0.1, 0.15) is 0 Å². The van der Waals surface area contributed by atoms with E-state index in [4.69, 9.17) is 0 Å². The first-order chi connectivity index (χ1) is 26.8. The van der Waals surface area contributed by atoms with Crippen LogP contribution in [0.1, 0.15) is 22.3 Å². The fraction of sp³-hybridized carbons (Fsp3) is 0.0189. The topological polar surface area (TPSA) is 3.24 Å². The summed E-state index contributed by atoms with van der Waals surface area (Å²) in [6.45, 7) is 0. The molecule has 1 spiro atoms. The number of benzene rings is 9. The van der Waals surface area contributed by atoms with Crippen LogP contribution in [-0.4, -0.2) is 0 Å². The van der Waals surface area contributed by atoms with Gasteiger partial charge in [-0.3, -0.25) is 0 Å². The van der Waals surface area contributed by atoms with Gasteiger partial charge in [0.15, 0.2) is 0 Å². The van der Waals surface area contributed by atoms with Gasteiger partial charge in [-0.2, -0.15) is 0 Å². The van der Waals surface area contributed by atoms with Gasteiger partial charge < -0.3 is 4.90 Å². The largest absolute Gasteiger partial charge is 0.310 e. The molecule has 0 N–H and O–H groups in total. The second-order valence-electron chi connectivity index (χ2n) is 14.4. The van der Waals surface area contributed by atoms with Crippen molar-refractivity contribution in [1.29, 1.82) is 0 Å². The zero-order chi connectivity index (χ0) is 35.6. The predicted octanol–water partition coefficient (Wildman–Crippen LogP) is 14.0. The van der Waals surface area contributed by atoms with Crippen LogP contribution in [0.2, 0.25) is 0 Å². The summed E-state index contributed by atoms with van der Waals surface area (Å²) < 4.78 is 0. The van der Waals surface area contributed by atoms with Crippen molar-refractivity contribution in [2.45, 2.75) is 5.41 Å². The van der Waals surface area contributed by atoms with Crippen LogP contribution in [0.3, 0.4) is 0 Å². The fourth-order valence-corrected chi connectivity index (χ4v) is 9.45. The molecule has 0 fully saturated rings. The lowest BCUT2D eigenvalue weighted by Crippen LogP contribution is -2.26. The average molecular weight is 686 g/mol. The van der Waals surface area contributed by atoms with Gasteiger partial charge in [0, 0.05) is 16.9 Å². The number of rotatable bonds is 5. The Labute approximate surface area is 316 Å². The van der Waals surface area contributed by atoms with Gasteiger partial charge in [0.2, 0.25) is 0 Å². The van der Waals surface area contributed by atoms with Crippen LogP contribution < -0.4 is 4.90 Å². The molecule has 252 valence electrons. The molecular formula is C53H35N. The van der Waals surface area contributed by atoms with Crippen molar-refractivity contribution in [3.8, 4) is 44.5 Å². The highest BCUT2D eigenvalue weighted by Crippen LogP contribution is 2.64. The SMILES string of the molecule is c1ccc(-c2cc(-c3ccc(N(c4ccccc4)c4cccc5c4-c4ccccc4C54c5ccccc5-c5ccccc54)cc3)c3ccccc3c2)cc1. The average Bonchev–Trinajstić information content (AvgIpc) is 3.72. The van der Waals surface area contributed by atoms with Crippen LogP contribution in [0.25, 0.3) is 55.3 Å². The van der Waals surface area contributed by atoms with Gasteiger partial charge in [-0.15, -0.1) is 0 Å². The first kappa shape index (κ1) is 30.6. The molecule has 11 rings (SSSR count). The van der Waals surface area contributed by atoms with E-state index in [9.17, 15) is 0 Å². The highest BCUT2D eigenvalue weighted by Gasteiger charge is 2.52. The van der Waals surface area contributed by atoms with Gasteiger partial charge in [-0.1, -0.05) is 170 Å². The van der Waals surface area contributed by atoms with Gasteiger partial charge in [-0.05, 0) is 114 Å². The third kappa shape index (κ3) is 4.39. The standard InChI is InChI=1S/C53H35N/c1-3-16-36(17-4-1)39-34-38-18-7-8-21-42(38)46(35-39)37-30-32-41(33-31-37)54(40-19-5-2-6-20-40)51-29-15-28-50-52(51)45-24-11-14-27-49(45)53(50)47-25-12-9-22-43(47)44-23-10-13-26-48(44)53/h1-35H. The number of hydrogen-bond acceptors (Lipinski definition) is 1.